The van der Waals surface area contributed by atoms with Crippen molar-refractivity contribution in [2.24, 2.45) is 11.5 Å². The van der Waals surface area contributed by atoms with Crippen LogP contribution in [0, 0.1) is 0 Å². The number of methoxy groups -OCH3 is 1. The first kappa shape index (κ1) is 18.8. The Labute approximate surface area is 148 Å². The number of aromatic amines is 1. The molecule has 0 saturated carbocycles. The van der Waals surface area contributed by atoms with E-state index in [9.17, 15) is 14.4 Å². The predicted octanol–water partition coefficient (Wildman–Crippen LogP) is 0.297. The Bertz CT molecular complexity index is 879. The van der Waals surface area contributed by atoms with Gasteiger partial charge in [0.2, 0.25) is 11.9 Å². The van der Waals surface area contributed by atoms with Gasteiger partial charge < -0.3 is 26.8 Å². The number of benzene rings is 1. The number of carbonyl (C=O) groups is 2. The molecule has 26 heavy (non-hydrogen) atoms. The van der Waals surface area contributed by atoms with Gasteiger partial charge in [-0.1, -0.05) is 13.0 Å². The van der Waals surface area contributed by atoms with E-state index in [0.717, 1.165) is 0 Å². The minimum atomic E-state index is -0.947. The molecule has 10 nitrogen and oxygen atoms in total. The van der Waals surface area contributed by atoms with Crippen LogP contribution in [0.15, 0.2) is 29.1 Å². The number of hydrogen-bond acceptors (Lipinski definition) is 7. The van der Waals surface area contributed by atoms with Crippen molar-refractivity contribution in [1.29, 1.82) is 0 Å². The lowest BCUT2D eigenvalue weighted by molar-refractivity contribution is -0.118. The fourth-order valence-electron chi connectivity index (χ4n) is 2.24. The molecular weight excluding hydrogens is 340 g/mol. The third kappa shape index (κ3) is 4.29. The topological polar surface area (TPSA) is 165 Å². The highest BCUT2D eigenvalue weighted by molar-refractivity contribution is 5.98. The van der Waals surface area contributed by atoms with Gasteiger partial charge in [-0.2, -0.15) is 4.98 Å². The molecule has 1 aromatic carbocycles. The molecule has 0 aliphatic carbocycles. The average Bonchev–Trinajstić information content (AvgIpc) is 2.58. The second kappa shape index (κ2) is 8.01. The molecule has 1 heterocycles. The number of carbonyl (C=O) groups excluding carboxylic acids is 2. The van der Waals surface area contributed by atoms with Gasteiger partial charge >= 0.3 is 0 Å². The highest BCUT2D eigenvalue weighted by Crippen LogP contribution is 2.22. The second-order valence-corrected chi connectivity index (χ2v) is 5.37. The van der Waals surface area contributed by atoms with Gasteiger partial charge in [-0.3, -0.25) is 19.4 Å². The number of amides is 2. The van der Waals surface area contributed by atoms with Crippen LogP contribution in [0.3, 0.4) is 0 Å². The summed E-state index contributed by atoms with van der Waals surface area (Å²) in [6.07, 6.45) is 0.384. The zero-order chi connectivity index (χ0) is 19.3. The third-order valence-corrected chi connectivity index (χ3v) is 3.56. The molecule has 0 radical (unpaired) electrons. The van der Waals surface area contributed by atoms with Crippen LogP contribution in [0.5, 0.6) is 5.75 Å². The minimum Gasteiger partial charge on any atom is -0.497 e. The number of anilines is 3. The van der Waals surface area contributed by atoms with E-state index in [1.807, 2.05) is 0 Å². The maximum absolute atomic E-state index is 12.2. The molecule has 1 unspecified atom stereocenters. The van der Waals surface area contributed by atoms with Crippen LogP contribution in [0.1, 0.15) is 23.7 Å². The molecule has 10 heteroatoms. The Kier molecular flexibility index (Phi) is 5.78. The quantitative estimate of drug-likeness (QED) is 0.451. The number of H-pyrrole nitrogens is 1. The van der Waals surface area contributed by atoms with Crippen LogP contribution in [-0.4, -0.2) is 34.9 Å². The van der Waals surface area contributed by atoms with Crippen LogP contribution in [0.2, 0.25) is 0 Å². The summed E-state index contributed by atoms with van der Waals surface area (Å²) in [5.41, 5.74) is 10.0. The third-order valence-electron chi connectivity index (χ3n) is 3.56. The molecule has 2 amide bonds. The average molecular weight is 360 g/mol. The second-order valence-electron chi connectivity index (χ2n) is 5.37. The van der Waals surface area contributed by atoms with E-state index >= 15 is 0 Å². The number of nitrogens with two attached hydrogens (primary N) is 2. The van der Waals surface area contributed by atoms with E-state index in [-0.39, 0.29) is 17.3 Å². The summed E-state index contributed by atoms with van der Waals surface area (Å²) >= 11 is 0. The number of aromatic nitrogens is 2. The number of hydrogen-bond donors (Lipinski definition) is 5. The first-order chi connectivity index (χ1) is 12.3. The van der Waals surface area contributed by atoms with Gasteiger partial charge in [-0.15, -0.1) is 0 Å². The number of primary amides is 2. The molecule has 0 fully saturated rings. The lowest BCUT2D eigenvalue weighted by Crippen LogP contribution is -2.36. The first-order valence-corrected chi connectivity index (χ1v) is 7.76. The molecule has 7 N–H and O–H groups in total. The molecule has 1 aromatic heterocycles. The van der Waals surface area contributed by atoms with Crippen molar-refractivity contribution in [2.45, 2.75) is 19.4 Å². The van der Waals surface area contributed by atoms with Crippen molar-refractivity contribution in [3.05, 3.63) is 40.2 Å². The van der Waals surface area contributed by atoms with Gasteiger partial charge in [0.05, 0.1) is 7.11 Å². The minimum absolute atomic E-state index is 0.0175. The normalized spacial score (nSPS) is 11.5. The molecule has 0 aliphatic rings. The number of ether oxygens (including phenoxy) is 1. The highest BCUT2D eigenvalue weighted by Gasteiger charge is 2.19. The summed E-state index contributed by atoms with van der Waals surface area (Å²) in [4.78, 5) is 41.8. The van der Waals surface area contributed by atoms with Gasteiger partial charge in [0.1, 0.15) is 17.4 Å². The lowest BCUT2D eigenvalue weighted by atomic mass is 10.2. The summed E-state index contributed by atoms with van der Waals surface area (Å²) in [5.74, 6) is -1.06. The van der Waals surface area contributed by atoms with E-state index in [1.165, 1.54) is 7.11 Å². The van der Waals surface area contributed by atoms with E-state index < -0.39 is 23.4 Å². The highest BCUT2D eigenvalue weighted by atomic mass is 16.5. The molecule has 0 aliphatic heterocycles. The summed E-state index contributed by atoms with van der Waals surface area (Å²) in [6, 6.07) is 6.07. The van der Waals surface area contributed by atoms with E-state index in [0.29, 0.717) is 17.9 Å². The van der Waals surface area contributed by atoms with Crippen LogP contribution in [-0.2, 0) is 4.79 Å². The van der Waals surface area contributed by atoms with Crippen LogP contribution in [0.25, 0.3) is 0 Å². The first-order valence-electron chi connectivity index (χ1n) is 7.76. The molecule has 0 bridgehead atoms. The number of nitrogens with one attached hydrogen (secondary N) is 3. The number of nitrogens with zero attached hydrogens (tertiary/aromatic N) is 1. The lowest BCUT2D eigenvalue weighted by Gasteiger charge is -2.16. The van der Waals surface area contributed by atoms with Gasteiger partial charge in [0, 0.05) is 11.8 Å². The van der Waals surface area contributed by atoms with Crippen molar-refractivity contribution >= 4 is 29.3 Å². The fourth-order valence-corrected chi connectivity index (χ4v) is 2.24. The Morgan fingerprint density at radius 1 is 1.35 bits per heavy atom. The van der Waals surface area contributed by atoms with Crippen molar-refractivity contribution in [2.75, 3.05) is 17.7 Å². The SMILES string of the molecule is CCC(Nc1nc(Nc2cccc(OC)c2)c(C(N)=O)c(=O)[nH]1)C(N)=O. The molecule has 2 aromatic rings. The molecule has 1 atom stereocenters. The Morgan fingerprint density at radius 2 is 2.08 bits per heavy atom. The molecule has 0 saturated heterocycles. The summed E-state index contributed by atoms with van der Waals surface area (Å²) < 4.78 is 5.13. The molecular formula is C16H20N6O4. The zero-order valence-corrected chi connectivity index (χ0v) is 14.3. The smallest absolute Gasteiger partial charge is 0.267 e. The van der Waals surface area contributed by atoms with Gasteiger partial charge in [-0.05, 0) is 18.6 Å². The van der Waals surface area contributed by atoms with Crippen molar-refractivity contribution in [3.8, 4) is 5.75 Å². The van der Waals surface area contributed by atoms with Gasteiger partial charge in [0.25, 0.3) is 11.5 Å². The fraction of sp³-hybridized carbons (Fsp3) is 0.250. The summed E-state index contributed by atoms with van der Waals surface area (Å²) in [5, 5.41) is 5.59. The Balaban J connectivity index is 2.45. The van der Waals surface area contributed by atoms with Crippen molar-refractivity contribution < 1.29 is 14.3 Å². The van der Waals surface area contributed by atoms with E-state index in [1.54, 1.807) is 31.2 Å². The maximum atomic E-state index is 12.2. The van der Waals surface area contributed by atoms with Crippen LogP contribution < -0.4 is 32.4 Å². The number of rotatable bonds is 8. The standard InChI is InChI=1S/C16H20N6O4/c1-3-10(12(17)23)20-16-21-14(11(13(18)24)15(25)22-16)19-8-5-4-6-9(7-8)26-2/h4-7,10H,3H2,1-2H3,(H2,17,23)(H2,18,24)(H3,19,20,21,22,25). The van der Waals surface area contributed by atoms with Crippen LogP contribution >= 0.6 is 0 Å². The molecule has 0 spiro atoms. The Morgan fingerprint density at radius 3 is 2.65 bits per heavy atom. The monoisotopic (exact) mass is 360 g/mol. The largest absolute Gasteiger partial charge is 0.497 e. The van der Waals surface area contributed by atoms with Crippen molar-refractivity contribution in [1.82, 2.24) is 9.97 Å². The zero-order valence-electron chi connectivity index (χ0n) is 14.3. The Hall–Kier alpha value is -3.56. The van der Waals surface area contributed by atoms with E-state index in [2.05, 4.69) is 20.6 Å². The summed E-state index contributed by atoms with van der Waals surface area (Å²) in [6.45, 7) is 1.74. The predicted molar refractivity (Wildman–Crippen MR) is 96.5 cm³/mol. The van der Waals surface area contributed by atoms with Crippen molar-refractivity contribution in [3.63, 3.8) is 0 Å². The van der Waals surface area contributed by atoms with Gasteiger partial charge in [-0.25, -0.2) is 0 Å². The van der Waals surface area contributed by atoms with Gasteiger partial charge in [0.15, 0.2) is 5.82 Å². The molecule has 138 valence electrons. The maximum Gasteiger partial charge on any atom is 0.267 e. The van der Waals surface area contributed by atoms with Crippen LogP contribution in [0.4, 0.5) is 17.5 Å². The van der Waals surface area contributed by atoms with E-state index in [4.69, 9.17) is 16.2 Å². The molecule has 2 rings (SSSR count). The summed E-state index contributed by atoms with van der Waals surface area (Å²) in [7, 11) is 1.51.